The monoisotopic (exact) mass is 748 g/mol. The van der Waals surface area contributed by atoms with Gasteiger partial charge in [-0.3, -0.25) is 0 Å². The predicted molar refractivity (Wildman–Crippen MR) is 243 cm³/mol. The number of fused-ring (bicyclic) bond motifs is 11. The van der Waals surface area contributed by atoms with Crippen LogP contribution in [0.4, 0.5) is 17.1 Å². The molecule has 0 N–H and O–H groups in total. The van der Waals surface area contributed by atoms with E-state index >= 15 is 0 Å². The average Bonchev–Trinajstić information content (AvgIpc) is 3.84. The molecule has 1 aliphatic carbocycles. The van der Waals surface area contributed by atoms with Gasteiger partial charge < -0.3 is 9.47 Å². The van der Waals surface area contributed by atoms with E-state index in [0.29, 0.717) is 0 Å². The molecule has 0 spiro atoms. The maximum Gasteiger partial charge on any atom is 0.0555 e. The zero-order chi connectivity index (χ0) is 38.2. The summed E-state index contributed by atoms with van der Waals surface area (Å²) in [5.74, 6) is 0. The first-order valence-electron chi connectivity index (χ1n) is 20.0. The second kappa shape index (κ2) is 11.6. The van der Waals surface area contributed by atoms with Crippen molar-refractivity contribution in [1.82, 2.24) is 4.57 Å². The van der Waals surface area contributed by atoms with E-state index in [1.165, 1.54) is 109 Å². The van der Waals surface area contributed by atoms with Gasteiger partial charge in [0.25, 0.3) is 0 Å². The van der Waals surface area contributed by atoms with Gasteiger partial charge in [-0.15, -0.1) is 11.3 Å². The van der Waals surface area contributed by atoms with Crippen molar-refractivity contribution in [3.05, 3.63) is 192 Å². The van der Waals surface area contributed by atoms with Crippen molar-refractivity contribution < 1.29 is 0 Å². The van der Waals surface area contributed by atoms with Gasteiger partial charge in [0, 0.05) is 53.1 Å². The van der Waals surface area contributed by atoms with Crippen LogP contribution in [0.3, 0.4) is 0 Å². The van der Waals surface area contributed by atoms with E-state index in [-0.39, 0.29) is 10.8 Å². The number of rotatable bonds is 3. The van der Waals surface area contributed by atoms with Gasteiger partial charge >= 0.3 is 0 Å². The Morgan fingerprint density at radius 3 is 1.86 bits per heavy atom. The van der Waals surface area contributed by atoms with Crippen molar-refractivity contribution in [2.24, 2.45) is 0 Å². The van der Waals surface area contributed by atoms with E-state index in [9.17, 15) is 0 Å². The minimum Gasteiger partial charge on any atom is -0.310 e. The van der Waals surface area contributed by atoms with Gasteiger partial charge in [0.15, 0.2) is 0 Å². The normalized spacial score (nSPS) is 14.9. The lowest BCUT2D eigenvalue weighted by Gasteiger charge is -2.43. The maximum atomic E-state index is 2.52. The predicted octanol–water partition coefficient (Wildman–Crippen LogP) is 15.2. The molecule has 0 saturated heterocycles. The van der Waals surface area contributed by atoms with Gasteiger partial charge in [0.1, 0.15) is 0 Å². The Morgan fingerprint density at radius 2 is 1.04 bits per heavy atom. The Morgan fingerprint density at radius 1 is 0.386 bits per heavy atom. The van der Waals surface area contributed by atoms with E-state index in [0.717, 1.165) is 0 Å². The maximum absolute atomic E-state index is 2.52. The summed E-state index contributed by atoms with van der Waals surface area (Å²) >= 11 is 1.88. The van der Waals surface area contributed by atoms with Gasteiger partial charge in [0.05, 0.1) is 22.4 Å². The zero-order valence-electron chi connectivity index (χ0n) is 32.5. The molecule has 0 atom stereocenters. The Balaban J connectivity index is 1.08. The number of anilines is 3. The molecule has 57 heavy (non-hydrogen) atoms. The fraction of sp³-hybridized carbons (Fsp3) is 0.111. The highest BCUT2D eigenvalue weighted by atomic mass is 32.1. The number of hydrogen-bond donors (Lipinski definition) is 0. The molecule has 10 aromatic rings. The van der Waals surface area contributed by atoms with Crippen LogP contribution in [0.5, 0.6) is 0 Å². The van der Waals surface area contributed by atoms with Crippen LogP contribution in [0.2, 0.25) is 0 Å². The van der Waals surface area contributed by atoms with Crippen LogP contribution < -0.4 is 4.90 Å². The molecule has 12 rings (SSSR count). The van der Waals surface area contributed by atoms with Crippen molar-refractivity contribution in [3.63, 3.8) is 0 Å². The fourth-order valence-electron chi connectivity index (χ4n) is 10.2. The minimum absolute atomic E-state index is 0.0812. The highest BCUT2D eigenvalue weighted by molar-refractivity contribution is 7.25. The molecule has 0 bridgehead atoms. The van der Waals surface area contributed by atoms with Crippen molar-refractivity contribution in [3.8, 4) is 27.9 Å². The van der Waals surface area contributed by atoms with Crippen molar-refractivity contribution in [2.45, 2.75) is 38.5 Å². The molecule has 0 unspecified atom stereocenters. The molecule has 8 aromatic carbocycles. The number of hydrogen-bond acceptors (Lipinski definition) is 2. The summed E-state index contributed by atoms with van der Waals surface area (Å²) in [7, 11) is 0. The van der Waals surface area contributed by atoms with Crippen LogP contribution in [0.1, 0.15) is 49.9 Å². The summed E-state index contributed by atoms with van der Waals surface area (Å²) in [5, 5.41) is 5.21. The van der Waals surface area contributed by atoms with Crippen LogP contribution in [0.15, 0.2) is 170 Å². The first-order valence-corrected chi connectivity index (χ1v) is 20.8. The number of thiophene rings is 1. The third-order valence-electron chi connectivity index (χ3n) is 13.2. The van der Waals surface area contributed by atoms with E-state index in [1.54, 1.807) is 0 Å². The van der Waals surface area contributed by atoms with Crippen LogP contribution in [-0.4, -0.2) is 4.57 Å². The SMILES string of the molecule is CC1(C)c2ccccc2-c2cc3c(cc21)N(c1ccccc1)c1ccc(-c2ccc4c(c2)c2cc5c(cc2n4-c2ccccc2)sc2ccccc25)cc1C3(C)C. The molecular formula is C54H40N2S. The smallest absolute Gasteiger partial charge is 0.0555 e. The molecule has 0 radical (unpaired) electrons. The second-order valence-corrected chi connectivity index (χ2v) is 18.1. The molecule has 2 nitrogen and oxygen atoms in total. The topological polar surface area (TPSA) is 8.17 Å². The van der Waals surface area contributed by atoms with Crippen molar-refractivity contribution >= 4 is 70.4 Å². The van der Waals surface area contributed by atoms with E-state index in [1.807, 2.05) is 11.3 Å². The molecule has 1 aliphatic heterocycles. The zero-order valence-corrected chi connectivity index (χ0v) is 33.3. The number of para-hydroxylation sites is 2. The molecule has 3 heteroatoms. The summed E-state index contributed by atoms with van der Waals surface area (Å²) in [6, 6.07) is 63.7. The summed E-state index contributed by atoms with van der Waals surface area (Å²) in [5.41, 5.74) is 17.7. The molecule has 2 aromatic heterocycles. The van der Waals surface area contributed by atoms with E-state index in [2.05, 4.69) is 207 Å². The van der Waals surface area contributed by atoms with Crippen LogP contribution in [0.25, 0.3) is 69.9 Å². The van der Waals surface area contributed by atoms with Crippen LogP contribution >= 0.6 is 11.3 Å². The number of aromatic nitrogens is 1. The van der Waals surface area contributed by atoms with Crippen molar-refractivity contribution in [2.75, 3.05) is 4.90 Å². The highest BCUT2D eigenvalue weighted by Crippen LogP contribution is 2.58. The largest absolute Gasteiger partial charge is 0.310 e. The summed E-state index contributed by atoms with van der Waals surface area (Å²) in [4.78, 5) is 2.51. The van der Waals surface area contributed by atoms with Gasteiger partial charge in [-0.2, -0.15) is 0 Å². The lowest BCUT2D eigenvalue weighted by Crippen LogP contribution is -2.31. The Labute approximate surface area is 336 Å². The molecule has 3 heterocycles. The summed E-state index contributed by atoms with van der Waals surface area (Å²) in [6.45, 7) is 9.60. The molecule has 0 saturated carbocycles. The molecular weight excluding hydrogens is 709 g/mol. The molecule has 0 fully saturated rings. The van der Waals surface area contributed by atoms with Gasteiger partial charge in [-0.1, -0.05) is 119 Å². The average molecular weight is 749 g/mol. The second-order valence-electron chi connectivity index (χ2n) is 17.0. The van der Waals surface area contributed by atoms with Crippen LogP contribution in [0, 0.1) is 0 Å². The fourth-order valence-corrected chi connectivity index (χ4v) is 11.4. The van der Waals surface area contributed by atoms with Crippen LogP contribution in [-0.2, 0) is 10.8 Å². The van der Waals surface area contributed by atoms with Gasteiger partial charge in [0.2, 0.25) is 0 Å². The van der Waals surface area contributed by atoms with Crippen molar-refractivity contribution in [1.29, 1.82) is 0 Å². The first kappa shape index (κ1) is 32.8. The molecule has 272 valence electrons. The Bertz CT molecular complexity index is 3290. The third-order valence-corrected chi connectivity index (χ3v) is 14.3. The lowest BCUT2D eigenvalue weighted by atomic mass is 9.71. The third kappa shape index (κ3) is 4.52. The Kier molecular flexibility index (Phi) is 6.65. The molecule has 0 amide bonds. The number of benzene rings is 8. The van der Waals surface area contributed by atoms with Gasteiger partial charge in [-0.05, 0) is 123 Å². The Hall–Kier alpha value is -6.42. The summed E-state index contributed by atoms with van der Waals surface area (Å²) in [6.07, 6.45) is 0. The lowest BCUT2D eigenvalue weighted by molar-refractivity contribution is 0.627. The summed E-state index contributed by atoms with van der Waals surface area (Å²) < 4.78 is 5.10. The number of nitrogens with zero attached hydrogens (tertiary/aromatic N) is 2. The minimum atomic E-state index is -0.248. The standard InChI is InChI=1S/C54H40N2S/c1-53(2)43-21-13-11-19-37(43)39-30-46-50(31-44(39)53)56(36-17-9-6-10-18-36)48-26-24-34(28-45(48)54(46,3)4)33-23-25-47-40(27-33)41-29-42-38-20-12-14-22-51(38)57-52(42)32-49(41)55(47)35-15-7-5-8-16-35/h5-32H,1-4H3. The van der Waals surface area contributed by atoms with Gasteiger partial charge in [-0.25, -0.2) is 0 Å². The van der Waals surface area contributed by atoms with E-state index < -0.39 is 0 Å². The molecule has 2 aliphatic rings. The highest BCUT2D eigenvalue weighted by Gasteiger charge is 2.42. The first-order chi connectivity index (χ1) is 27.8. The quantitative estimate of drug-likeness (QED) is 0.175. The van der Waals surface area contributed by atoms with E-state index in [4.69, 9.17) is 0 Å².